The Morgan fingerprint density at radius 2 is 2.00 bits per heavy atom. The summed E-state index contributed by atoms with van der Waals surface area (Å²) in [6, 6.07) is 11.2. The summed E-state index contributed by atoms with van der Waals surface area (Å²) in [6.07, 6.45) is 4.37. The molecule has 1 unspecified atom stereocenters. The smallest absolute Gasteiger partial charge is 0.242 e. The fourth-order valence-corrected chi connectivity index (χ4v) is 2.43. The van der Waals surface area contributed by atoms with Gasteiger partial charge in [0.15, 0.2) is 0 Å². The average Bonchev–Trinajstić information content (AvgIpc) is 2.37. The van der Waals surface area contributed by atoms with Crippen molar-refractivity contribution in [2.75, 3.05) is 0 Å². The zero-order valence-corrected chi connectivity index (χ0v) is 9.17. The minimum Gasteiger partial charge on any atom is -0.264 e. The van der Waals surface area contributed by atoms with E-state index in [0.29, 0.717) is 6.42 Å². The van der Waals surface area contributed by atoms with Gasteiger partial charge in [-0.25, -0.2) is 0 Å². The Morgan fingerprint density at radius 1 is 1.18 bits per heavy atom. The molecule has 0 spiro atoms. The maximum atomic E-state index is 11.0. The highest BCUT2D eigenvalue weighted by Gasteiger charge is 2.27. The van der Waals surface area contributed by atoms with Crippen molar-refractivity contribution in [2.24, 2.45) is 0 Å². The summed E-state index contributed by atoms with van der Waals surface area (Å²) >= 11 is 0. The van der Waals surface area contributed by atoms with Gasteiger partial charge in [0.1, 0.15) is 0 Å². The highest BCUT2D eigenvalue weighted by Crippen LogP contribution is 2.34. The van der Waals surface area contributed by atoms with Crippen LogP contribution in [0.2, 0.25) is 0 Å². The second-order valence-corrected chi connectivity index (χ2v) is 4.23. The monoisotopic (exact) mass is 225 g/mol. The van der Waals surface area contributed by atoms with E-state index in [0.717, 1.165) is 21.9 Å². The normalized spacial score (nSPS) is 18.0. The number of nitro groups is 1. The predicted molar refractivity (Wildman–Crippen MR) is 67.3 cm³/mol. The largest absolute Gasteiger partial charge is 0.264 e. The van der Waals surface area contributed by atoms with Crippen molar-refractivity contribution in [3.63, 3.8) is 0 Å². The summed E-state index contributed by atoms with van der Waals surface area (Å²) in [5.74, 6) is 0. The molecule has 1 aliphatic carbocycles. The van der Waals surface area contributed by atoms with Crippen LogP contribution in [-0.2, 0) is 0 Å². The molecule has 0 amide bonds. The van der Waals surface area contributed by atoms with Gasteiger partial charge in [-0.1, -0.05) is 48.6 Å². The average molecular weight is 225 g/mol. The highest BCUT2D eigenvalue weighted by atomic mass is 16.6. The van der Waals surface area contributed by atoms with Gasteiger partial charge >= 0.3 is 0 Å². The van der Waals surface area contributed by atoms with E-state index in [9.17, 15) is 10.1 Å². The van der Waals surface area contributed by atoms with Crippen LogP contribution in [0.5, 0.6) is 0 Å². The van der Waals surface area contributed by atoms with Gasteiger partial charge in [0.25, 0.3) is 0 Å². The molecule has 0 aromatic heterocycles. The minimum absolute atomic E-state index is 0.197. The second-order valence-electron chi connectivity index (χ2n) is 4.23. The van der Waals surface area contributed by atoms with Gasteiger partial charge in [0.05, 0.1) is 0 Å². The Balaban J connectivity index is 2.31. The molecule has 0 heterocycles. The third-order valence-electron chi connectivity index (χ3n) is 3.26. The number of benzene rings is 2. The number of hydrogen-bond acceptors (Lipinski definition) is 2. The van der Waals surface area contributed by atoms with Gasteiger partial charge in [0, 0.05) is 16.9 Å². The van der Waals surface area contributed by atoms with Crippen LogP contribution in [0.1, 0.15) is 23.6 Å². The molecule has 0 bridgehead atoms. The molecule has 0 saturated carbocycles. The molecule has 3 heteroatoms. The van der Waals surface area contributed by atoms with Crippen LogP contribution >= 0.6 is 0 Å². The fraction of sp³-hybridized carbons (Fsp3) is 0.143. The SMILES string of the molecule is O=[N+]([O-])C1CC=Cc2c1ccc1ccccc21. The standard InChI is InChI=1S/C14H11NO2/c16-15(17)14-7-3-6-12-11-5-2-1-4-10(11)8-9-13(12)14/h1-6,8-9,14H,7H2. The minimum atomic E-state index is -0.598. The molecule has 84 valence electrons. The van der Waals surface area contributed by atoms with E-state index in [1.807, 2.05) is 48.6 Å². The summed E-state index contributed by atoms with van der Waals surface area (Å²) in [5.41, 5.74) is 1.83. The molecule has 0 radical (unpaired) electrons. The molecule has 17 heavy (non-hydrogen) atoms. The fourth-order valence-electron chi connectivity index (χ4n) is 2.43. The first-order valence-corrected chi connectivity index (χ1v) is 5.59. The Bertz CT molecular complexity index is 631. The topological polar surface area (TPSA) is 43.1 Å². The van der Waals surface area contributed by atoms with Gasteiger partial charge in [-0.15, -0.1) is 0 Å². The number of fused-ring (bicyclic) bond motifs is 3. The maximum absolute atomic E-state index is 11.0. The Morgan fingerprint density at radius 3 is 2.82 bits per heavy atom. The van der Waals surface area contributed by atoms with E-state index >= 15 is 0 Å². The lowest BCUT2D eigenvalue weighted by molar-refractivity contribution is -0.528. The van der Waals surface area contributed by atoms with Crippen molar-refractivity contribution < 1.29 is 4.92 Å². The molecule has 0 aliphatic heterocycles. The van der Waals surface area contributed by atoms with Crippen molar-refractivity contribution >= 4 is 16.8 Å². The van der Waals surface area contributed by atoms with Crippen molar-refractivity contribution in [1.29, 1.82) is 0 Å². The predicted octanol–water partition coefficient (Wildman–Crippen LogP) is 3.57. The molecule has 1 aliphatic rings. The van der Waals surface area contributed by atoms with E-state index in [4.69, 9.17) is 0 Å². The van der Waals surface area contributed by atoms with Crippen LogP contribution < -0.4 is 0 Å². The lowest BCUT2D eigenvalue weighted by Crippen LogP contribution is -2.13. The molecular formula is C14H11NO2. The molecule has 3 nitrogen and oxygen atoms in total. The van der Waals surface area contributed by atoms with Gasteiger partial charge in [0.2, 0.25) is 6.04 Å². The quantitative estimate of drug-likeness (QED) is 0.550. The Kier molecular flexibility index (Phi) is 2.18. The van der Waals surface area contributed by atoms with Crippen LogP contribution in [-0.4, -0.2) is 4.92 Å². The summed E-state index contributed by atoms with van der Waals surface area (Å²) in [7, 11) is 0. The van der Waals surface area contributed by atoms with Crippen molar-refractivity contribution in [3.8, 4) is 0 Å². The highest BCUT2D eigenvalue weighted by molar-refractivity contribution is 5.92. The summed E-state index contributed by atoms with van der Waals surface area (Å²) in [6.45, 7) is 0. The third kappa shape index (κ3) is 1.51. The lowest BCUT2D eigenvalue weighted by atomic mass is 9.89. The van der Waals surface area contributed by atoms with Crippen LogP contribution in [0.25, 0.3) is 16.8 Å². The van der Waals surface area contributed by atoms with Gasteiger partial charge in [-0.05, 0) is 16.3 Å². The number of nitrogens with zero attached hydrogens (tertiary/aromatic N) is 1. The van der Waals surface area contributed by atoms with Gasteiger partial charge < -0.3 is 0 Å². The molecule has 3 rings (SSSR count). The van der Waals surface area contributed by atoms with E-state index in [1.54, 1.807) is 0 Å². The molecule has 0 saturated heterocycles. The van der Waals surface area contributed by atoms with E-state index in [1.165, 1.54) is 0 Å². The molecule has 2 aromatic rings. The zero-order chi connectivity index (χ0) is 11.8. The zero-order valence-electron chi connectivity index (χ0n) is 9.17. The van der Waals surface area contributed by atoms with E-state index in [-0.39, 0.29) is 4.92 Å². The summed E-state index contributed by atoms with van der Waals surface area (Å²) in [4.78, 5) is 10.8. The van der Waals surface area contributed by atoms with Crippen molar-refractivity contribution in [3.05, 3.63) is 63.7 Å². The van der Waals surface area contributed by atoms with Crippen molar-refractivity contribution in [1.82, 2.24) is 0 Å². The molecule has 0 N–H and O–H groups in total. The van der Waals surface area contributed by atoms with Gasteiger partial charge in [-0.3, -0.25) is 10.1 Å². The van der Waals surface area contributed by atoms with Crippen LogP contribution in [0.15, 0.2) is 42.5 Å². The Hall–Kier alpha value is -2.16. The van der Waals surface area contributed by atoms with E-state index in [2.05, 4.69) is 0 Å². The van der Waals surface area contributed by atoms with E-state index < -0.39 is 6.04 Å². The maximum Gasteiger partial charge on any atom is 0.242 e. The second kappa shape index (κ2) is 3.70. The Labute approximate surface area is 98.5 Å². The summed E-state index contributed by atoms with van der Waals surface area (Å²) < 4.78 is 0. The number of hydrogen-bond donors (Lipinski definition) is 0. The van der Waals surface area contributed by atoms with Crippen LogP contribution in [0, 0.1) is 10.1 Å². The molecule has 2 aromatic carbocycles. The first-order valence-electron chi connectivity index (χ1n) is 5.59. The third-order valence-corrected chi connectivity index (χ3v) is 3.26. The first kappa shape index (κ1) is 10.0. The van der Waals surface area contributed by atoms with Crippen molar-refractivity contribution in [2.45, 2.75) is 12.5 Å². The number of rotatable bonds is 1. The molecule has 1 atom stereocenters. The van der Waals surface area contributed by atoms with Gasteiger partial charge in [-0.2, -0.15) is 0 Å². The lowest BCUT2D eigenvalue weighted by Gasteiger charge is -2.16. The first-order chi connectivity index (χ1) is 8.27. The molecular weight excluding hydrogens is 214 g/mol. The van der Waals surface area contributed by atoms with Crippen LogP contribution in [0.3, 0.4) is 0 Å². The molecule has 0 fully saturated rings. The summed E-state index contributed by atoms with van der Waals surface area (Å²) in [5, 5.41) is 13.2. The van der Waals surface area contributed by atoms with Crippen LogP contribution in [0.4, 0.5) is 0 Å².